The molecule has 4 aliphatic heterocycles. The summed E-state index contributed by atoms with van der Waals surface area (Å²) in [5, 5.41) is 7.42. The highest BCUT2D eigenvalue weighted by Gasteiger charge is 2.51. The number of carbonyl (C=O) groups is 6. The molecule has 5 aromatic rings. The molecule has 0 radical (unpaired) electrons. The molecule has 6 amide bonds. The second kappa shape index (κ2) is 22.3. The second-order valence-electron chi connectivity index (χ2n) is 20.9. The summed E-state index contributed by atoms with van der Waals surface area (Å²) < 4.78 is 53.9. The van der Waals surface area contributed by atoms with Crippen molar-refractivity contribution in [1.82, 2.24) is 25.3 Å². The zero-order valence-corrected chi connectivity index (χ0v) is 44.1. The van der Waals surface area contributed by atoms with Gasteiger partial charge in [-0.2, -0.15) is 8.78 Å². The molecular weight excluding hydrogens is 1020 g/mol. The van der Waals surface area contributed by atoms with Gasteiger partial charge in [0.2, 0.25) is 23.6 Å². The van der Waals surface area contributed by atoms with E-state index in [1.165, 1.54) is 21.9 Å². The number of thiophene rings is 1. The van der Waals surface area contributed by atoms with Gasteiger partial charge in [0, 0.05) is 66.9 Å². The number of hydrogen-bond acceptors (Lipinski definition) is 10. The first-order valence-corrected chi connectivity index (χ1v) is 28.0. The van der Waals surface area contributed by atoms with Gasteiger partial charge in [0.25, 0.3) is 11.8 Å². The number of rotatable bonds is 15. The molecule has 9 rings (SSSR count). The number of nitrogens with one attached hydrogen (secondary N) is 2. The normalized spacial score (nSPS) is 20.6. The molecule has 3 fully saturated rings. The smallest absolute Gasteiger partial charge is 0.376 e. The summed E-state index contributed by atoms with van der Waals surface area (Å²) in [5.41, 5.74) is -3.25. The summed E-state index contributed by atoms with van der Waals surface area (Å²) in [6.45, 7) is 6.91. The number of piperidine rings is 1. The van der Waals surface area contributed by atoms with E-state index in [1.54, 1.807) is 37.8 Å². The second-order valence-corrected chi connectivity index (χ2v) is 23.6. The third-order valence-electron chi connectivity index (χ3n) is 14.6. The van der Waals surface area contributed by atoms with Crippen LogP contribution < -0.4 is 10.6 Å². The van der Waals surface area contributed by atoms with Crippen LogP contribution in [0, 0.1) is 17.3 Å². The highest BCUT2D eigenvalue weighted by atomic mass is 32.1. The minimum absolute atomic E-state index is 0.0842. The summed E-state index contributed by atoms with van der Waals surface area (Å²) >= 11 is 0.973. The number of amides is 6. The molecular formula is C56H60F2N5O11PS. The number of ether oxygens (including phenoxy) is 2. The van der Waals surface area contributed by atoms with E-state index < -0.39 is 72.3 Å². The molecule has 20 heteroatoms. The fourth-order valence-electron chi connectivity index (χ4n) is 10.5. The molecule has 5 atom stereocenters. The lowest BCUT2D eigenvalue weighted by Crippen LogP contribution is -2.58. The average molecular weight is 1080 g/mol. The Kier molecular flexibility index (Phi) is 16.0. The SMILES string of the molecule is CC(C)(C)[C@H](NC(=O)c1cc2cc(C(F)(F)P(=O)(O)O)ccc2s1)C(=O)N1C[C@@H](OCCCCCCC#Cc2cccc3c2CN(C2CCC(=O)NC2=O)C3=O)C[C@H]1C(=O)N1CCOC(c2cccc3ccccc23)C1. The molecule has 0 aliphatic carbocycles. The maximum absolute atomic E-state index is 15.0. The van der Waals surface area contributed by atoms with Gasteiger partial charge in [-0.1, -0.05) is 100 Å². The molecule has 4 N–H and O–H groups in total. The van der Waals surface area contributed by atoms with E-state index in [4.69, 9.17) is 9.47 Å². The number of hydrogen-bond donors (Lipinski definition) is 4. The van der Waals surface area contributed by atoms with Gasteiger partial charge in [-0.3, -0.25) is 38.6 Å². The van der Waals surface area contributed by atoms with E-state index >= 15 is 0 Å². The van der Waals surface area contributed by atoms with Crippen LogP contribution in [0.3, 0.4) is 0 Å². The molecule has 5 heterocycles. The van der Waals surface area contributed by atoms with Crippen LogP contribution in [0.15, 0.2) is 84.9 Å². The monoisotopic (exact) mass is 1080 g/mol. The van der Waals surface area contributed by atoms with Crippen molar-refractivity contribution in [2.45, 2.75) is 115 Å². The Morgan fingerprint density at radius 1 is 0.947 bits per heavy atom. The number of likely N-dealkylation sites (tertiary alicyclic amines) is 1. The fourth-order valence-corrected chi connectivity index (χ4v) is 11.9. The Balaban J connectivity index is 0.846. The highest BCUT2D eigenvalue weighted by molar-refractivity contribution is 7.52. The molecule has 1 aromatic heterocycles. The van der Waals surface area contributed by atoms with E-state index in [1.807, 2.05) is 48.5 Å². The molecule has 76 heavy (non-hydrogen) atoms. The van der Waals surface area contributed by atoms with Gasteiger partial charge in [0.1, 0.15) is 24.2 Å². The molecule has 0 bridgehead atoms. The lowest BCUT2D eigenvalue weighted by atomic mass is 9.85. The first kappa shape index (κ1) is 54.4. The van der Waals surface area contributed by atoms with Crippen molar-refractivity contribution < 1.29 is 61.4 Å². The number of nitrogens with zero attached hydrogens (tertiary/aromatic N) is 3. The summed E-state index contributed by atoms with van der Waals surface area (Å²) in [6, 6.07) is 21.0. The van der Waals surface area contributed by atoms with Gasteiger partial charge in [-0.15, -0.1) is 11.3 Å². The minimum atomic E-state index is -5.84. The largest absolute Gasteiger partial charge is 0.399 e. The van der Waals surface area contributed by atoms with Crippen molar-refractivity contribution in [3.63, 3.8) is 0 Å². The number of benzene rings is 4. The fraction of sp³-hybridized carbons (Fsp3) is 0.429. The molecule has 2 unspecified atom stereocenters. The molecule has 400 valence electrons. The highest BCUT2D eigenvalue weighted by Crippen LogP contribution is 2.59. The van der Waals surface area contributed by atoms with Gasteiger partial charge >= 0.3 is 13.3 Å². The van der Waals surface area contributed by atoms with Crippen LogP contribution in [0.2, 0.25) is 0 Å². The number of morpholine rings is 1. The van der Waals surface area contributed by atoms with Crippen molar-refractivity contribution in [3.05, 3.63) is 118 Å². The van der Waals surface area contributed by atoms with Gasteiger partial charge in [0.05, 0.1) is 24.1 Å². The van der Waals surface area contributed by atoms with E-state index in [2.05, 4.69) is 22.5 Å². The zero-order chi connectivity index (χ0) is 54.1. The molecule has 0 spiro atoms. The van der Waals surface area contributed by atoms with Crippen molar-refractivity contribution in [1.29, 1.82) is 0 Å². The Bertz CT molecular complexity index is 3210. The molecule has 16 nitrogen and oxygen atoms in total. The maximum Gasteiger partial charge on any atom is 0.399 e. The predicted molar refractivity (Wildman–Crippen MR) is 280 cm³/mol. The quantitative estimate of drug-likeness (QED) is 0.0344. The first-order valence-electron chi connectivity index (χ1n) is 25.5. The van der Waals surface area contributed by atoms with Crippen molar-refractivity contribution in [2.24, 2.45) is 5.41 Å². The average Bonchev–Trinajstić information content (AvgIpc) is 4.13. The standard InChI is InChI=1S/C56H60F2N5O11PS/c1-55(2,3)49(60-51(66)47-29-36-28-37(21-23-46(36)76-47)56(57,58)75(70,71)72)54(69)62-31-38(30-44(62)53(68)61-25-27-74-45(33-61)40-19-12-16-34-15-9-10-18-39(34)40)73-26-11-7-5-4-6-8-14-35-17-13-20-41-42(35)32-63(52(41)67)43-22-24-48(64)59-50(43)65/h9-10,12-13,15-21,23,28-29,38,43-45,49H,4-7,11,22,24-27,30-33H2,1-3H3,(H,60,66)(H,59,64,65)(H2,70,71,72)/t38-,43?,44-,45?,49+/m0/s1. The Labute approximate surface area is 442 Å². The number of alkyl halides is 2. The number of imide groups is 1. The van der Waals surface area contributed by atoms with E-state index in [9.17, 15) is 51.9 Å². The lowest BCUT2D eigenvalue weighted by molar-refractivity contribution is -0.150. The Morgan fingerprint density at radius 3 is 2.49 bits per heavy atom. The van der Waals surface area contributed by atoms with Crippen LogP contribution in [0.25, 0.3) is 20.9 Å². The van der Waals surface area contributed by atoms with Gasteiger partial charge in [-0.05, 0) is 82.3 Å². The van der Waals surface area contributed by atoms with Crippen LogP contribution in [0.1, 0.15) is 121 Å². The zero-order valence-electron chi connectivity index (χ0n) is 42.4. The lowest BCUT2D eigenvalue weighted by Gasteiger charge is -2.38. The summed E-state index contributed by atoms with van der Waals surface area (Å²) in [4.78, 5) is 105. The summed E-state index contributed by atoms with van der Waals surface area (Å²) in [5.74, 6) is 3.98. The Hall–Kier alpha value is -6.39. The third kappa shape index (κ3) is 11.5. The number of halogens is 2. The molecule has 3 saturated heterocycles. The van der Waals surface area contributed by atoms with Gasteiger partial charge in [0.15, 0.2) is 0 Å². The Morgan fingerprint density at radius 2 is 1.71 bits per heavy atom. The third-order valence-corrected chi connectivity index (χ3v) is 16.7. The van der Waals surface area contributed by atoms with Crippen molar-refractivity contribution >= 4 is 75.2 Å². The van der Waals surface area contributed by atoms with Crippen molar-refractivity contribution in [2.75, 3.05) is 32.8 Å². The van der Waals surface area contributed by atoms with Crippen LogP contribution in [-0.2, 0) is 45.4 Å². The predicted octanol–water partition coefficient (Wildman–Crippen LogP) is 7.78. The molecule has 0 saturated carbocycles. The van der Waals surface area contributed by atoms with E-state index in [0.29, 0.717) is 36.3 Å². The van der Waals surface area contributed by atoms with Crippen LogP contribution >= 0.6 is 18.9 Å². The number of fused-ring (bicyclic) bond motifs is 3. The first-order chi connectivity index (χ1) is 36.2. The van der Waals surface area contributed by atoms with E-state index in [-0.39, 0.29) is 73.5 Å². The summed E-state index contributed by atoms with van der Waals surface area (Å²) in [7, 11) is -5.84. The molecule has 4 aromatic carbocycles. The van der Waals surface area contributed by atoms with Crippen molar-refractivity contribution in [3.8, 4) is 11.8 Å². The topological polar surface area (TPSA) is 212 Å². The van der Waals surface area contributed by atoms with Crippen LogP contribution in [0.4, 0.5) is 8.78 Å². The van der Waals surface area contributed by atoms with Crippen LogP contribution in [0.5, 0.6) is 0 Å². The number of unbranched alkanes of at least 4 members (excludes halogenated alkanes) is 4. The van der Waals surface area contributed by atoms with E-state index in [0.717, 1.165) is 70.2 Å². The van der Waals surface area contributed by atoms with Gasteiger partial charge in [-0.25, -0.2) is 0 Å². The number of carbonyl (C=O) groups excluding carboxylic acids is 6. The maximum atomic E-state index is 15.0. The molecule has 4 aliphatic rings. The van der Waals surface area contributed by atoms with Crippen LogP contribution in [-0.4, -0.2) is 117 Å². The summed E-state index contributed by atoms with van der Waals surface area (Å²) in [6.07, 6.45) is 3.62. The minimum Gasteiger partial charge on any atom is -0.376 e. The van der Waals surface area contributed by atoms with Gasteiger partial charge < -0.3 is 39.3 Å².